The molecule has 1 amide bonds. The zero-order chi connectivity index (χ0) is 14.0. The number of anilines is 2. The van der Waals surface area contributed by atoms with Crippen LogP contribution in [0.4, 0.5) is 11.4 Å². The standard InChI is InChI=1S/C13H9Br3N2O/c14-7-1-3-11(17)9(5-7)13(19)18-12-4-2-8(15)6-10(12)16/h1-6H,17H2,(H,18,19). The molecule has 2 rings (SSSR count). The first-order valence-electron chi connectivity index (χ1n) is 5.29. The molecule has 0 atom stereocenters. The molecule has 3 N–H and O–H groups in total. The van der Waals surface area contributed by atoms with Gasteiger partial charge in [0.25, 0.3) is 5.91 Å². The van der Waals surface area contributed by atoms with E-state index in [-0.39, 0.29) is 5.91 Å². The van der Waals surface area contributed by atoms with E-state index in [1.54, 1.807) is 24.3 Å². The van der Waals surface area contributed by atoms with Gasteiger partial charge in [-0.1, -0.05) is 31.9 Å². The number of carbonyl (C=O) groups is 1. The van der Waals surface area contributed by atoms with Crippen LogP contribution in [0, 0.1) is 0 Å². The first-order valence-corrected chi connectivity index (χ1v) is 7.66. The minimum absolute atomic E-state index is 0.248. The van der Waals surface area contributed by atoms with Crippen molar-refractivity contribution < 1.29 is 4.79 Å². The van der Waals surface area contributed by atoms with Crippen LogP contribution in [-0.2, 0) is 0 Å². The lowest BCUT2D eigenvalue weighted by atomic mass is 10.1. The molecule has 0 aliphatic carbocycles. The van der Waals surface area contributed by atoms with E-state index in [4.69, 9.17) is 5.73 Å². The molecule has 19 heavy (non-hydrogen) atoms. The predicted octanol–water partition coefficient (Wildman–Crippen LogP) is 4.81. The smallest absolute Gasteiger partial charge is 0.257 e. The van der Waals surface area contributed by atoms with Gasteiger partial charge in [-0.25, -0.2) is 0 Å². The Hall–Kier alpha value is -0.850. The zero-order valence-electron chi connectivity index (χ0n) is 9.58. The highest BCUT2D eigenvalue weighted by molar-refractivity contribution is 9.11. The van der Waals surface area contributed by atoms with Gasteiger partial charge in [0.05, 0.1) is 11.3 Å². The maximum absolute atomic E-state index is 12.2. The number of hydrogen-bond donors (Lipinski definition) is 2. The molecular weight excluding hydrogens is 440 g/mol. The quantitative estimate of drug-likeness (QED) is 0.648. The SMILES string of the molecule is Nc1ccc(Br)cc1C(=O)Nc1ccc(Br)cc1Br. The van der Waals surface area contributed by atoms with Crippen molar-refractivity contribution in [1.29, 1.82) is 0 Å². The van der Waals surface area contributed by atoms with E-state index in [1.165, 1.54) is 0 Å². The molecule has 0 saturated carbocycles. The minimum atomic E-state index is -0.248. The van der Waals surface area contributed by atoms with Gasteiger partial charge in [0.1, 0.15) is 0 Å². The Bertz CT molecular complexity index is 644. The summed E-state index contributed by atoms with van der Waals surface area (Å²) in [4.78, 5) is 12.2. The first-order chi connectivity index (χ1) is 8.97. The average molecular weight is 449 g/mol. The van der Waals surface area contributed by atoms with Crippen molar-refractivity contribution in [3.05, 3.63) is 55.4 Å². The van der Waals surface area contributed by atoms with Gasteiger partial charge in [0, 0.05) is 19.1 Å². The molecule has 0 fully saturated rings. The molecule has 98 valence electrons. The van der Waals surface area contributed by atoms with Crippen LogP contribution in [0.2, 0.25) is 0 Å². The van der Waals surface area contributed by atoms with E-state index in [0.29, 0.717) is 16.9 Å². The normalized spacial score (nSPS) is 10.3. The van der Waals surface area contributed by atoms with Crippen LogP contribution in [0.5, 0.6) is 0 Å². The van der Waals surface area contributed by atoms with Crippen molar-refractivity contribution in [1.82, 2.24) is 0 Å². The van der Waals surface area contributed by atoms with E-state index in [2.05, 4.69) is 53.1 Å². The summed E-state index contributed by atoms with van der Waals surface area (Å²) in [6.07, 6.45) is 0. The summed E-state index contributed by atoms with van der Waals surface area (Å²) in [6, 6.07) is 10.7. The highest BCUT2D eigenvalue weighted by Gasteiger charge is 2.12. The molecule has 3 nitrogen and oxygen atoms in total. The molecule has 0 unspecified atom stereocenters. The third kappa shape index (κ3) is 3.58. The molecule has 0 aliphatic heterocycles. The monoisotopic (exact) mass is 446 g/mol. The van der Waals surface area contributed by atoms with Gasteiger partial charge in [-0.05, 0) is 52.3 Å². The van der Waals surface area contributed by atoms with Gasteiger partial charge in [-0.15, -0.1) is 0 Å². The van der Waals surface area contributed by atoms with E-state index in [9.17, 15) is 4.79 Å². The maximum atomic E-state index is 12.2. The number of nitrogen functional groups attached to an aromatic ring is 1. The Morgan fingerprint density at radius 1 is 1.00 bits per heavy atom. The number of nitrogens with two attached hydrogens (primary N) is 1. The number of amides is 1. The molecule has 0 aliphatic rings. The van der Waals surface area contributed by atoms with E-state index < -0.39 is 0 Å². The van der Waals surface area contributed by atoms with E-state index in [1.807, 2.05) is 12.1 Å². The van der Waals surface area contributed by atoms with Crippen molar-refractivity contribution >= 4 is 65.1 Å². The maximum Gasteiger partial charge on any atom is 0.257 e. The Kier molecular flexibility index (Phi) is 4.65. The summed E-state index contributed by atoms with van der Waals surface area (Å²) in [5, 5.41) is 2.81. The highest BCUT2D eigenvalue weighted by atomic mass is 79.9. The van der Waals surface area contributed by atoms with Crippen LogP contribution < -0.4 is 11.1 Å². The molecule has 2 aromatic carbocycles. The zero-order valence-corrected chi connectivity index (χ0v) is 14.3. The summed E-state index contributed by atoms with van der Waals surface area (Å²) in [5.41, 5.74) is 7.37. The molecule has 0 saturated heterocycles. The van der Waals surface area contributed by atoms with Crippen molar-refractivity contribution in [2.75, 3.05) is 11.1 Å². The van der Waals surface area contributed by atoms with Crippen LogP contribution >= 0.6 is 47.8 Å². The topological polar surface area (TPSA) is 55.1 Å². The molecule has 0 radical (unpaired) electrons. The van der Waals surface area contributed by atoms with E-state index in [0.717, 1.165) is 13.4 Å². The molecule has 2 aromatic rings. The van der Waals surface area contributed by atoms with Gasteiger partial charge < -0.3 is 11.1 Å². The van der Waals surface area contributed by atoms with Crippen LogP contribution in [0.25, 0.3) is 0 Å². The second-order valence-electron chi connectivity index (χ2n) is 3.81. The van der Waals surface area contributed by atoms with Crippen LogP contribution in [0.15, 0.2) is 49.8 Å². The van der Waals surface area contributed by atoms with Crippen molar-refractivity contribution in [2.45, 2.75) is 0 Å². The lowest BCUT2D eigenvalue weighted by Crippen LogP contribution is -2.14. The van der Waals surface area contributed by atoms with Crippen molar-refractivity contribution in [2.24, 2.45) is 0 Å². The second kappa shape index (κ2) is 6.07. The first kappa shape index (κ1) is 14.6. The molecule has 0 spiro atoms. The summed E-state index contributed by atoms with van der Waals surface area (Å²) < 4.78 is 2.53. The van der Waals surface area contributed by atoms with Gasteiger partial charge >= 0.3 is 0 Å². The fourth-order valence-corrected chi connectivity index (χ4v) is 3.01. The Labute approximate surface area is 136 Å². The minimum Gasteiger partial charge on any atom is -0.398 e. The third-order valence-electron chi connectivity index (χ3n) is 2.44. The number of nitrogens with one attached hydrogen (secondary N) is 1. The number of rotatable bonds is 2. The molecular formula is C13H9Br3N2O. The fourth-order valence-electron chi connectivity index (χ4n) is 1.51. The van der Waals surface area contributed by atoms with Crippen molar-refractivity contribution in [3.8, 4) is 0 Å². The van der Waals surface area contributed by atoms with Crippen molar-refractivity contribution in [3.63, 3.8) is 0 Å². The largest absolute Gasteiger partial charge is 0.398 e. The van der Waals surface area contributed by atoms with Crippen LogP contribution in [0.1, 0.15) is 10.4 Å². The van der Waals surface area contributed by atoms with Crippen LogP contribution in [0.3, 0.4) is 0 Å². The second-order valence-corrected chi connectivity index (χ2v) is 6.50. The number of benzene rings is 2. The predicted molar refractivity (Wildman–Crippen MR) is 88.3 cm³/mol. The Morgan fingerprint density at radius 3 is 2.32 bits per heavy atom. The van der Waals surface area contributed by atoms with Gasteiger partial charge in [-0.3, -0.25) is 4.79 Å². The Morgan fingerprint density at radius 2 is 1.63 bits per heavy atom. The molecule has 0 heterocycles. The van der Waals surface area contributed by atoms with E-state index >= 15 is 0 Å². The number of halogens is 3. The Balaban J connectivity index is 2.28. The fraction of sp³-hybridized carbons (Fsp3) is 0. The molecule has 0 bridgehead atoms. The summed E-state index contributed by atoms with van der Waals surface area (Å²) in [6.45, 7) is 0. The summed E-state index contributed by atoms with van der Waals surface area (Å²) in [7, 11) is 0. The number of hydrogen-bond acceptors (Lipinski definition) is 2. The lowest BCUT2D eigenvalue weighted by molar-refractivity contribution is 0.102. The van der Waals surface area contributed by atoms with Gasteiger partial charge in [0.15, 0.2) is 0 Å². The summed E-state index contributed by atoms with van der Waals surface area (Å²) in [5.74, 6) is -0.248. The third-order valence-corrected chi connectivity index (χ3v) is 4.08. The number of carbonyl (C=O) groups excluding carboxylic acids is 1. The molecule has 0 aromatic heterocycles. The average Bonchev–Trinajstić information content (AvgIpc) is 2.35. The highest BCUT2D eigenvalue weighted by Crippen LogP contribution is 2.27. The van der Waals surface area contributed by atoms with Gasteiger partial charge in [0.2, 0.25) is 0 Å². The summed E-state index contributed by atoms with van der Waals surface area (Å²) >= 11 is 10.1. The lowest BCUT2D eigenvalue weighted by Gasteiger charge is -2.09. The molecule has 6 heteroatoms. The van der Waals surface area contributed by atoms with Gasteiger partial charge in [-0.2, -0.15) is 0 Å². The van der Waals surface area contributed by atoms with Crippen LogP contribution in [-0.4, -0.2) is 5.91 Å².